The van der Waals surface area contributed by atoms with Crippen LogP contribution in [-0.4, -0.2) is 32.1 Å². The van der Waals surface area contributed by atoms with Crippen molar-refractivity contribution in [3.05, 3.63) is 28.8 Å². The predicted molar refractivity (Wildman–Crippen MR) is 90.0 cm³/mol. The highest BCUT2D eigenvalue weighted by molar-refractivity contribution is 6.31. The number of benzene rings is 1. The zero-order valence-electron chi connectivity index (χ0n) is 13.4. The Balaban J connectivity index is 2.80. The van der Waals surface area contributed by atoms with E-state index in [9.17, 15) is 4.79 Å². The molecule has 0 spiro atoms. The van der Waals surface area contributed by atoms with Crippen LogP contribution >= 0.6 is 11.6 Å². The number of carbonyl (C=O) groups excluding carboxylic acids is 1. The third kappa shape index (κ3) is 5.94. The second-order valence-corrected chi connectivity index (χ2v) is 5.89. The summed E-state index contributed by atoms with van der Waals surface area (Å²) in [5.41, 5.74) is 2.01. The lowest BCUT2D eigenvalue weighted by atomic mass is 10.1. The summed E-state index contributed by atoms with van der Waals surface area (Å²) in [5, 5.41) is 6.99. The van der Waals surface area contributed by atoms with Crippen LogP contribution in [0.1, 0.15) is 32.8 Å². The van der Waals surface area contributed by atoms with Crippen LogP contribution in [0, 0.1) is 0 Å². The van der Waals surface area contributed by atoms with Crippen molar-refractivity contribution >= 4 is 23.2 Å². The van der Waals surface area contributed by atoms with Gasteiger partial charge in [-0.2, -0.15) is 0 Å². The van der Waals surface area contributed by atoms with Gasteiger partial charge in [-0.1, -0.05) is 38.4 Å². The van der Waals surface area contributed by atoms with Crippen LogP contribution in [-0.2, 0) is 11.3 Å². The molecule has 118 valence electrons. The van der Waals surface area contributed by atoms with Crippen molar-refractivity contribution in [3.63, 3.8) is 0 Å². The molecular formula is C16H26ClN3O. The molecule has 0 bridgehead atoms. The van der Waals surface area contributed by atoms with Gasteiger partial charge < -0.3 is 15.5 Å². The molecule has 1 aromatic carbocycles. The number of likely N-dealkylation sites (N-methyl/N-ethyl adjacent to an activating group) is 1. The average molecular weight is 312 g/mol. The highest BCUT2D eigenvalue weighted by atomic mass is 35.5. The Bertz CT molecular complexity index is 463. The van der Waals surface area contributed by atoms with Crippen LogP contribution in [0.5, 0.6) is 0 Å². The van der Waals surface area contributed by atoms with E-state index in [1.807, 2.05) is 37.1 Å². The maximum Gasteiger partial charge on any atom is 0.239 e. The minimum atomic E-state index is 0.0297. The molecule has 0 aromatic heterocycles. The van der Waals surface area contributed by atoms with Crippen LogP contribution in [0.4, 0.5) is 5.69 Å². The van der Waals surface area contributed by atoms with E-state index < -0.39 is 0 Å². The molecule has 4 nitrogen and oxygen atoms in total. The van der Waals surface area contributed by atoms with Gasteiger partial charge in [-0.25, -0.2) is 0 Å². The van der Waals surface area contributed by atoms with Gasteiger partial charge in [-0.05, 0) is 18.6 Å². The van der Waals surface area contributed by atoms with Crippen molar-refractivity contribution in [1.29, 1.82) is 0 Å². The van der Waals surface area contributed by atoms with Gasteiger partial charge in [0.25, 0.3) is 0 Å². The minimum Gasteiger partial charge on any atom is -0.365 e. The first-order valence-electron chi connectivity index (χ1n) is 7.44. The number of hydrogen-bond acceptors (Lipinski definition) is 3. The van der Waals surface area contributed by atoms with Crippen molar-refractivity contribution in [3.8, 4) is 0 Å². The molecule has 21 heavy (non-hydrogen) atoms. The highest BCUT2D eigenvalue weighted by Gasteiger charge is 2.13. The highest BCUT2D eigenvalue weighted by Crippen LogP contribution is 2.26. The van der Waals surface area contributed by atoms with E-state index in [4.69, 9.17) is 11.6 Å². The molecule has 1 rings (SSSR count). The summed E-state index contributed by atoms with van der Waals surface area (Å²) >= 11 is 6.31. The van der Waals surface area contributed by atoms with Gasteiger partial charge in [-0.15, -0.1) is 0 Å². The SMILES string of the molecule is CCCNC(=O)CN(C)c1cccc(Cl)c1CNC(C)C. The molecule has 1 amide bonds. The molecular weight excluding hydrogens is 286 g/mol. The first-order chi connectivity index (χ1) is 9.95. The number of nitrogens with zero attached hydrogens (tertiary/aromatic N) is 1. The van der Waals surface area contributed by atoms with Gasteiger partial charge >= 0.3 is 0 Å². The lowest BCUT2D eigenvalue weighted by molar-refractivity contribution is -0.119. The van der Waals surface area contributed by atoms with Crippen molar-refractivity contribution in [1.82, 2.24) is 10.6 Å². The number of carbonyl (C=O) groups is 1. The monoisotopic (exact) mass is 311 g/mol. The fraction of sp³-hybridized carbons (Fsp3) is 0.562. The number of rotatable bonds is 8. The van der Waals surface area contributed by atoms with E-state index in [1.54, 1.807) is 0 Å². The van der Waals surface area contributed by atoms with E-state index >= 15 is 0 Å². The van der Waals surface area contributed by atoms with Crippen LogP contribution in [0.25, 0.3) is 0 Å². The lowest BCUT2D eigenvalue weighted by Gasteiger charge is -2.23. The molecule has 0 radical (unpaired) electrons. The number of hydrogen-bond donors (Lipinski definition) is 2. The van der Waals surface area contributed by atoms with E-state index in [-0.39, 0.29) is 5.91 Å². The quantitative estimate of drug-likeness (QED) is 0.776. The second kappa shape index (κ2) is 8.90. The zero-order valence-corrected chi connectivity index (χ0v) is 14.1. The van der Waals surface area contributed by atoms with Crippen molar-refractivity contribution in [2.45, 2.75) is 39.8 Å². The molecule has 0 saturated heterocycles. The summed E-state index contributed by atoms with van der Waals surface area (Å²) in [4.78, 5) is 13.8. The Morgan fingerprint density at radius 1 is 1.38 bits per heavy atom. The van der Waals surface area contributed by atoms with Crippen LogP contribution in [0.15, 0.2) is 18.2 Å². The first-order valence-corrected chi connectivity index (χ1v) is 7.82. The molecule has 0 aliphatic rings. The number of nitrogens with one attached hydrogen (secondary N) is 2. The molecule has 0 aliphatic carbocycles. The van der Waals surface area contributed by atoms with Gasteiger partial charge in [0.05, 0.1) is 6.54 Å². The standard InChI is InChI=1S/C16H26ClN3O/c1-5-9-18-16(21)11-20(4)15-8-6-7-14(17)13(15)10-19-12(2)3/h6-8,12,19H,5,9-11H2,1-4H3,(H,18,21). The molecule has 0 fully saturated rings. The summed E-state index contributed by atoms with van der Waals surface area (Å²) in [6.45, 7) is 7.96. The number of anilines is 1. The molecule has 0 heterocycles. The van der Waals surface area contributed by atoms with Gasteiger partial charge in [-0.3, -0.25) is 4.79 Å². The molecule has 0 saturated carbocycles. The van der Waals surface area contributed by atoms with Crippen molar-refractivity contribution < 1.29 is 4.79 Å². The molecule has 0 aliphatic heterocycles. The second-order valence-electron chi connectivity index (χ2n) is 5.48. The molecule has 0 unspecified atom stereocenters. The van der Waals surface area contributed by atoms with E-state index in [0.29, 0.717) is 25.7 Å². The summed E-state index contributed by atoms with van der Waals surface area (Å²) in [6.07, 6.45) is 0.941. The van der Waals surface area contributed by atoms with Crippen LogP contribution in [0.2, 0.25) is 5.02 Å². The number of amides is 1. The maximum absolute atomic E-state index is 11.8. The summed E-state index contributed by atoms with van der Waals surface area (Å²) in [6, 6.07) is 6.17. The summed E-state index contributed by atoms with van der Waals surface area (Å²) in [5.74, 6) is 0.0297. The normalized spacial score (nSPS) is 10.8. The van der Waals surface area contributed by atoms with Gasteiger partial charge in [0.1, 0.15) is 0 Å². The van der Waals surface area contributed by atoms with Gasteiger partial charge in [0.2, 0.25) is 5.91 Å². The van der Waals surface area contributed by atoms with E-state index in [2.05, 4.69) is 24.5 Å². The maximum atomic E-state index is 11.8. The lowest BCUT2D eigenvalue weighted by Crippen LogP contribution is -2.36. The van der Waals surface area contributed by atoms with E-state index in [1.165, 1.54) is 0 Å². The Morgan fingerprint density at radius 2 is 2.10 bits per heavy atom. The third-order valence-corrected chi connectivity index (χ3v) is 3.50. The predicted octanol–water partition coefficient (Wildman–Crippen LogP) is 2.80. The fourth-order valence-corrected chi connectivity index (χ4v) is 2.24. The minimum absolute atomic E-state index is 0.0297. The first kappa shape index (κ1) is 17.8. The van der Waals surface area contributed by atoms with E-state index in [0.717, 1.165) is 22.7 Å². The number of halogens is 1. The van der Waals surface area contributed by atoms with Crippen LogP contribution in [0.3, 0.4) is 0 Å². The van der Waals surface area contributed by atoms with Crippen LogP contribution < -0.4 is 15.5 Å². The summed E-state index contributed by atoms with van der Waals surface area (Å²) in [7, 11) is 1.91. The smallest absolute Gasteiger partial charge is 0.239 e. The zero-order chi connectivity index (χ0) is 15.8. The Hall–Kier alpha value is -1.26. The van der Waals surface area contributed by atoms with Gasteiger partial charge in [0.15, 0.2) is 0 Å². The Labute approximate surface area is 132 Å². The van der Waals surface area contributed by atoms with Crippen molar-refractivity contribution in [2.75, 3.05) is 25.0 Å². The van der Waals surface area contributed by atoms with Gasteiger partial charge in [0, 0.05) is 42.5 Å². The summed E-state index contributed by atoms with van der Waals surface area (Å²) < 4.78 is 0. The molecule has 0 atom stereocenters. The Kier molecular flexibility index (Phi) is 7.54. The fourth-order valence-electron chi connectivity index (χ4n) is 2.01. The average Bonchev–Trinajstić information content (AvgIpc) is 2.43. The third-order valence-electron chi connectivity index (χ3n) is 3.15. The topological polar surface area (TPSA) is 44.4 Å². The molecule has 1 aromatic rings. The molecule has 5 heteroatoms. The molecule has 2 N–H and O–H groups in total. The van der Waals surface area contributed by atoms with Crippen molar-refractivity contribution in [2.24, 2.45) is 0 Å². The Morgan fingerprint density at radius 3 is 2.71 bits per heavy atom. The largest absolute Gasteiger partial charge is 0.365 e.